The van der Waals surface area contributed by atoms with Crippen LogP contribution in [0.2, 0.25) is 0 Å². The lowest BCUT2D eigenvalue weighted by molar-refractivity contribution is -0.137. The summed E-state index contributed by atoms with van der Waals surface area (Å²) >= 11 is 1.33. The van der Waals surface area contributed by atoms with Crippen molar-refractivity contribution in [3.05, 3.63) is 45.6 Å². The third-order valence-electron chi connectivity index (χ3n) is 3.72. The second-order valence-corrected chi connectivity index (χ2v) is 6.32. The van der Waals surface area contributed by atoms with Crippen molar-refractivity contribution in [2.24, 2.45) is 0 Å². The van der Waals surface area contributed by atoms with Gasteiger partial charge in [-0.3, -0.25) is 9.59 Å². The molecule has 1 aromatic heterocycles. The highest BCUT2D eigenvalue weighted by Crippen LogP contribution is 2.25. The highest BCUT2D eigenvalue weighted by atomic mass is 32.1. The van der Waals surface area contributed by atoms with Crippen LogP contribution >= 0.6 is 11.3 Å². The van der Waals surface area contributed by atoms with Gasteiger partial charge in [0, 0.05) is 12.6 Å². The maximum absolute atomic E-state index is 12.8. The van der Waals surface area contributed by atoms with Gasteiger partial charge in [0.05, 0.1) is 19.1 Å². The fourth-order valence-corrected chi connectivity index (χ4v) is 3.45. The molecule has 2 rings (SSSR count). The summed E-state index contributed by atoms with van der Waals surface area (Å²) < 4.78 is 10.5. The van der Waals surface area contributed by atoms with Crippen LogP contribution in [-0.4, -0.2) is 42.6 Å². The normalized spacial score (nSPS) is 10.4. The third kappa shape index (κ3) is 4.73. The molecule has 0 atom stereocenters. The summed E-state index contributed by atoms with van der Waals surface area (Å²) in [5.41, 5.74) is 1.66. The van der Waals surface area contributed by atoms with Crippen LogP contribution in [0.25, 0.3) is 0 Å². The Morgan fingerprint density at radius 3 is 2.32 bits per heavy atom. The van der Waals surface area contributed by atoms with E-state index < -0.39 is 5.97 Å². The van der Waals surface area contributed by atoms with Gasteiger partial charge in [-0.25, -0.2) is 0 Å². The smallest absolute Gasteiger partial charge is 0.323 e. The number of carbonyl (C=O) groups is 2. The summed E-state index contributed by atoms with van der Waals surface area (Å²) in [6, 6.07) is 7.15. The van der Waals surface area contributed by atoms with Gasteiger partial charge in [0.15, 0.2) is 0 Å². The molecule has 0 aliphatic heterocycles. The molecular formula is C18H21NO5S. The number of rotatable bonds is 8. The van der Waals surface area contributed by atoms with Crippen molar-refractivity contribution < 1.29 is 24.2 Å². The summed E-state index contributed by atoms with van der Waals surface area (Å²) in [7, 11) is 3.08. The number of methoxy groups -OCH3 is 2. The van der Waals surface area contributed by atoms with Gasteiger partial charge in [-0.15, -0.1) is 11.3 Å². The Labute approximate surface area is 150 Å². The molecule has 1 N–H and O–H groups in total. The monoisotopic (exact) mass is 363 g/mol. The lowest BCUT2D eigenvalue weighted by Gasteiger charge is -2.21. The van der Waals surface area contributed by atoms with Gasteiger partial charge in [-0.1, -0.05) is 6.92 Å². The highest BCUT2D eigenvalue weighted by molar-refractivity contribution is 7.12. The molecule has 25 heavy (non-hydrogen) atoms. The zero-order valence-corrected chi connectivity index (χ0v) is 15.3. The van der Waals surface area contributed by atoms with Crippen LogP contribution in [0.5, 0.6) is 11.5 Å². The van der Waals surface area contributed by atoms with E-state index in [1.807, 2.05) is 18.4 Å². The molecule has 1 amide bonds. The number of carboxylic acids is 1. The van der Waals surface area contributed by atoms with E-state index in [1.165, 1.54) is 30.5 Å². The summed E-state index contributed by atoms with van der Waals surface area (Å²) in [5, 5.41) is 11.0. The number of benzene rings is 1. The number of carboxylic acid groups (broad SMARTS) is 1. The van der Waals surface area contributed by atoms with Crippen molar-refractivity contribution >= 4 is 23.2 Å². The van der Waals surface area contributed by atoms with Crippen molar-refractivity contribution in [2.45, 2.75) is 19.9 Å². The van der Waals surface area contributed by atoms with Gasteiger partial charge in [0.25, 0.3) is 5.91 Å². The second-order valence-electron chi connectivity index (χ2n) is 5.40. The van der Waals surface area contributed by atoms with Crippen molar-refractivity contribution in [3.63, 3.8) is 0 Å². The molecule has 0 aliphatic rings. The van der Waals surface area contributed by atoms with Gasteiger partial charge >= 0.3 is 5.97 Å². The SMILES string of the molecule is CCc1ccsc1C(=O)N(CC(=O)O)Cc1cc(OC)cc(OC)c1. The molecule has 0 radical (unpaired) electrons. The van der Waals surface area contributed by atoms with Crippen LogP contribution in [0.4, 0.5) is 0 Å². The fourth-order valence-electron chi connectivity index (χ4n) is 2.49. The van der Waals surface area contributed by atoms with Gasteiger partial charge in [-0.2, -0.15) is 0 Å². The van der Waals surface area contributed by atoms with E-state index in [1.54, 1.807) is 18.2 Å². The molecule has 0 saturated heterocycles. The average molecular weight is 363 g/mol. The molecular weight excluding hydrogens is 342 g/mol. The Morgan fingerprint density at radius 1 is 1.16 bits per heavy atom. The summed E-state index contributed by atoms with van der Waals surface area (Å²) in [4.78, 5) is 26.0. The number of ether oxygens (including phenoxy) is 2. The molecule has 0 aliphatic carbocycles. The maximum Gasteiger partial charge on any atom is 0.323 e. The van der Waals surface area contributed by atoms with Crippen LogP contribution in [0, 0.1) is 0 Å². The molecule has 0 saturated carbocycles. The van der Waals surface area contributed by atoms with Crippen molar-refractivity contribution in [2.75, 3.05) is 20.8 Å². The van der Waals surface area contributed by atoms with Crippen LogP contribution in [0.1, 0.15) is 27.7 Å². The average Bonchev–Trinajstić information content (AvgIpc) is 3.08. The van der Waals surface area contributed by atoms with E-state index in [0.717, 1.165) is 17.5 Å². The number of nitrogens with zero attached hydrogens (tertiary/aromatic N) is 1. The number of hydrogen-bond acceptors (Lipinski definition) is 5. The van der Waals surface area contributed by atoms with E-state index in [4.69, 9.17) is 9.47 Å². The molecule has 0 spiro atoms. The third-order valence-corrected chi connectivity index (χ3v) is 4.66. The van der Waals surface area contributed by atoms with Gasteiger partial charge in [0.2, 0.25) is 0 Å². The Balaban J connectivity index is 2.32. The zero-order valence-electron chi connectivity index (χ0n) is 14.4. The predicted molar refractivity (Wildman–Crippen MR) is 95.6 cm³/mol. The molecule has 1 aromatic carbocycles. The second kappa shape index (κ2) is 8.53. The molecule has 0 unspecified atom stereocenters. The topological polar surface area (TPSA) is 76.1 Å². The van der Waals surface area contributed by atoms with Crippen molar-refractivity contribution in [1.29, 1.82) is 0 Å². The van der Waals surface area contributed by atoms with Crippen LogP contribution < -0.4 is 9.47 Å². The first-order valence-corrected chi connectivity index (χ1v) is 8.65. The quantitative estimate of drug-likeness (QED) is 0.780. The minimum absolute atomic E-state index is 0.153. The summed E-state index contributed by atoms with van der Waals surface area (Å²) in [6.45, 7) is 1.74. The number of thiophene rings is 1. The van der Waals surface area contributed by atoms with E-state index in [0.29, 0.717) is 16.4 Å². The van der Waals surface area contributed by atoms with Crippen LogP contribution in [-0.2, 0) is 17.8 Å². The van der Waals surface area contributed by atoms with Gasteiger partial charge in [-0.05, 0) is 41.1 Å². The first-order valence-electron chi connectivity index (χ1n) is 7.77. The molecule has 0 fully saturated rings. The fraction of sp³-hybridized carbons (Fsp3) is 0.333. The highest BCUT2D eigenvalue weighted by Gasteiger charge is 2.22. The van der Waals surface area contributed by atoms with Crippen molar-refractivity contribution in [1.82, 2.24) is 4.90 Å². The summed E-state index contributed by atoms with van der Waals surface area (Å²) in [6.07, 6.45) is 0.721. The number of aryl methyl sites for hydroxylation is 1. The number of aliphatic carboxylic acids is 1. The van der Waals surface area contributed by atoms with E-state index in [2.05, 4.69) is 0 Å². The first-order chi connectivity index (χ1) is 12.0. The van der Waals surface area contributed by atoms with Gasteiger partial charge < -0.3 is 19.5 Å². The number of hydrogen-bond donors (Lipinski definition) is 1. The molecule has 0 bridgehead atoms. The molecule has 1 heterocycles. The number of amides is 1. The van der Waals surface area contributed by atoms with Crippen molar-refractivity contribution in [3.8, 4) is 11.5 Å². The van der Waals surface area contributed by atoms with E-state index >= 15 is 0 Å². The Kier molecular flexibility index (Phi) is 6.41. The van der Waals surface area contributed by atoms with E-state index in [-0.39, 0.29) is 19.0 Å². The Morgan fingerprint density at radius 2 is 1.80 bits per heavy atom. The number of carbonyl (C=O) groups excluding carboxylic acids is 1. The van der Waals surface area contributed by atoms with Crippen LogP contribution in [0.15, 0.2) is 29.6 Å². The molecule has 7 heteroatoms. The predicted octanol–water partition coefficient (Wildman–Crippen LogP) is 3.05. The van der Waals surface area contributed by atoms with Crippen LogP contribution in [0.3, 0.4) is 0 Å². The summed E-state index contributed by atoms with van der Waals surface area (Å²) in [5.74, 6) is -0.168. The zero-order chi connectivity index (χ0) is 18.4. The molecule has 2 aromatic rings. The van der Waals surface area contributed by atoms with Gasteiger partial charge in [0.1, 0.15) is 18.0 Å². The minimum Gasteiger partial charge on any atom is -0.497 e. The Bertz CT molecular complexity index is 733. The lowest BCUT2D eigenvalue weighted by Crippen LogP contribution is -2.35. The lowest BCUT2D eigenvalue weighted by atomic mass is 10.1. The standard InChI is InChI=1S/C18H21NO5S/c1-4-13-5-6-25-17(13)18(22)19(11-16(20)21)10-12-7-14(23-2)9-15(8-12)24-3/h5-9H,4,10-11H2,1-3H3,(H,20,21). The Hall–Kier alpha value is -2.54. The minimum atomic E-state index is -1.06. The van der Waals surface area contributed by atoms with E-state index in [9.17, 15) is 14.7 Å². The largest absolute Gasteiger partial charge is 0.497 e. The molecule has 134 valence electrons. The molecule has 6 nitrogen and oxygen atoms in total. The maximum atomic E-state index is 12.8. The first kappa shape index (κ1) is 18.8.